The first-order chi connectivity index (χ1) is 7.78. The average molecular weight is 219 g/mol. The monoisotopic (exact) mass is 219 g/mol. The first-order valence-electron chi connectivity index (χ1n) is 6.05. The van der Waals surface area contributed by atoms with Crippen LogP contribution in [-0.2, 0) is 17.7 Å². The molecule has 2 aliphatic rings. The van der Waals surface area contributed by atoms with Gasteiger partial charge in [-0.2, -0.15) is 0 Å². The summed E-state index contributed by atoms with van der Waals surface area (Å²) < 4.78 is 7.00. The zero-order chi connectivity index (χ0) is 11.1. The van der Waals surface area contributed by atoms with Crippen molar-refractivity contribution in [3.63, 3.8) is 0 Å². The lowest BCUT2D eigenvalue weighted by Gasteiger charge is -2.24. The third-order valence-electron chi connectivity index (χ3n) is 3.90. The van der Waals surface area contributed by atoms with Gasteiger partial charge >= 0.3 is 5.97 Å². The summed E-state index contributed by atoms with van der Waals surface area (Å²) in [7, 11) is 1.44. The first-order valence-corrected chi connectivity index (χ1v) is 6.05. The summed E-state index contributed by atoms with van der Waals surface area (Å²) in [5.74, 6) is 1.58. The molecule has 3 heteroatoms. The van der Waals surface area contributed by atoms with Crippen LogP contribution in [0.2, 0.25) is 0 Å². The highest BCUT2D eigenvalue weighted by molar-refractivity contribution is 5.89. The number of hydrogen-bond donors (Lipinski definition) is 0. The van der Waals surface area contributed by atoms with Gasteiger partial charge in [-0.25, -0.2) is 4.79 Å². The molecule has 0 amide bonds. The van der Waals surface area contributed by atoms with Crippen LogP contribution < -0.4 is 0 Å². The van der Waals surface area contributed by atoms with E-state index in [2.05, 4.69) is 4.57 Å². The van der Waals surface area contributed by atoms with Crippen LogP contribution in [-0.4, -0.2) is 17.6 Å². The van der Waals surface area contributed by atoms with Gasteiger partial charge in [-0.15, -0.1) is 0 Å². The number of methoxy groups -OCH3 is 1. The fourth-order valence-electron chi connectivity index (χ4n) is 2.80. The summed E-state index contributed by atoms with van der Waals surface area (Å²) in [5, 5.41) is 0. The van der Waals surface area contributed by atoms with E-state index in [-0.39, 0.29) is 5.97 Å². The van der Waals surface area contributed by atoms with Gasteiger partial charge < -0.3 is 9.30 Å². The Labute approximate surface area is 95.4 Å². The van der Waals surface area contributed by atoms with Crippen LogP contribution in [0.15, 0.2) is 12.3 Å². The Kier molecular flexibility index (Phi) is 2.27. The van der Waals surface area contributed by atoms with Crippen molar-refractivity contribution in [3.05, 3.63) is 23.5 Å². The van der Waals surface area contributed by atoms with Crippen molar-refractivity contribution in [1.82, 2.24) is 4.57 Å². The Hall–Kier alpha value is -1.25. The van der Waals surface area contributed by atoms with Crippen LogP contribution in [0.1, 0.15) is 35.3 Å². The van der Waals surface area contributed by atoms with Crippen molar-refractivity contribution in [3.8, 4) is 0 Å². The van der Waals surface area contributed by atoms with E-state index in [1.807, 2.05) is 12.3 Å². The molecule has 1 aliphatic heterocycles. The van der Waals surface area contributed by atoms with E-state index in [1.165, 1.54) is 32.1 Å². The summed E-state index contributed by atoms with van der Waals surface area (Å²) in [6.45, 7) is 1.09. The molecule has 3 rings (SSSR count). The minimum atomic E-state index is -0.218. The van der Waals surface area contributed by atoms with E-state index in [9.17, 15) is 4.79 Å². The van der Waals surface area contributed by atoms with Crippen molar-refractivity contribution in [2.24, 2.45) is 11.8 Å². The topological polar surface area (TPSA) is 31.2 Å². The number of aromatic nitrogens is 1. The molecule has 0 bridgehead atoms. The highest BCUT2D eigenvalue weighted by Crippen LogP contribution is 2.41. The predicted octanol–water partition coefficient (Wildman–Crippen LogP) is 2.25. The van der Waals surface area contributed by atoms with E-state index in [1.54, 1.807) is 0 Å². The summed E-state index contributed by atoms with van der Waals surface area (Å²) >= 11 is 0. The molecule has 1 saturated carbocycles. The lowest BCUT2D eigenvalue weighted by atomic mass is 9.94. The lowest BCUT2D eigenvalue weighted by molar-refractivity contribution is 0.0600. The Balaban J connectivity index is 1.81. The van der Waals surface area contributed by atoms with Gasteiger partial charge in [0.05, 0.1) is 12.7 Å². The molecule has 3 nitrogen and oxygen atoms in total. The molecular formula is C13H17NO2. The molecular weight excluding hydrogens is 202 g/mol. The number of fused-ring (bicyclic) bond motifs is 1. The molecule has 1 fully saturated rings. The van der Waals surface area contributed by atoms with Crippen LogP contribution in [0.5, 0.6) is 0 Å². The minimum absolute atomic E-state index is 0.218. The number of carbonyl (C=O) groups is 1. The van der Waals surface area contributed by atoms with E-state index >= 15 is 0 Å². The molecule has 0 saturated heterocycles. The third kappa shape index (κ3) is 1.64. The summed E-state index contributed by atoms with van der Waals surface area (Å²) in [6, 6.07) is 1.98. The van der Waals surface area contributed by atoms with Gasteiger partial charge in [0.15, 0.2) is 0 Å². The smallest absolute Gasteiger partial charge is 0.339 e. The molecule has 86 valence electrons. The summed E-state index contributed by atoms with van der Waals surface area (Å²) in [5.41, 5.74) is 1.99. The van der Waals surface area contributed by atoms with E-state index in [0.29, 0.717) is 5.56 Å². The molecule has 16 heavy (non-hydrogen) atoms. The van der Waals surface area contributed by atoms with Gasteiger partial charge in [0.1, 0.15) is 0 Å². The Morgan fingerprint density at radius 2 is 2.19 bits per heavy atom. The Bertz CT molecular complexity index is 418. The number of esters is 1. The van der Waals surface area contributed by atoms with Gasteiger partial charge in [-0.05, 0) is 43.6 Å². The quantitative estimate of drug-likeness (QED) is 0.714. The summed E-state index contributed by atoms with van der Waals surface area (Å²) in [4.78, 5) is 11.4. The van der Waals surface area contributed by atoms with Crippen LogP contribution in [0, 0.1) is 11.8 Å². The molecule has 1 unspecified atom stereocenters. The Morgan fingerprint density at radius 1 is 1.38 bits per heavy atom. The van der Waals surface area contributed by atoms with Crippen molar-refractivity contribution in [1.29, 1.82) is 0 Å². The number of rotatable bonds is 2. The number of nitrogens with zero attached hydrogens (tertiary/aromatic N) is 1. The maximum atomic E-state index is 11.4. The second kappa shape index (κ2) is 3.65. The van der Waals surface area contributed by atoms with Crippen molar-refractivity contribution >= 4 is 5.97 Å². The maximum Gasteiger partial charge on any atom is 0.339 e. The van der Waals surface area contributed by atoms with E-state index in [4.69, 9.17) is 4.74 Å². The second-order valence-electron chi connectivity index (χ2n) is 5.00. The van der Waals surface area contributed by atoms with Gasteiger partial charge in [0.2, 0.25) is 0 Å². The SMILES string of the molecule is COC(=O)c1cc2n(c1)CC(C1CC1)CC2. The second-order valence-corrected chi connectivity index (χ2v) is 5.00. The standard InChI is InChI=1S/C13H17NO2/c1-16-13(15)11-6-12-5-4-10(9-2-3-9)7-14(12)8-11/h6,8-10H,2-5,7H2,1H3. The first kappa shape index (κ1) is 9.94. The average Bonchev–Trinajstić information content (AvgIpc) is 3.07. The number of hydrogen-bond acceptors (Lipinski definition) is 2. The molecule has 0 aromatic carbocycles. The molecule has 1 atom stereocenters. The van der Waals surface area contributed by atoms with Gasteiger partial charge in [0, 0.05) is 18.4 Å². The highest BCUT2D eigenvalue weighted by Gasteiger charge is 2.33. The van der Waals surface area contributed by atoms with Crippen LogP contribution >= 0.6 is 0 Å². The largest absolute Gasteiger partial charge is 0.465 e. The van der Waals surface area contributed by atoms with E-state index < -0.39 is 0 Å². The Morgan fingerprint density at radius 3 is 2.88 bits per heavy atom. The van der Waals surface area contributed by atoms with E-state index in [0.717, 1.165) is 24.8 Å². The molecule has 2 heterocycles. The summed E-state index contributed by atoms with van der Waals surface area (Å²) in [6.07, 6.45) is 7.17. The fraction of sp³-hybridized carbons (Fsp3) is 0.615. The maximum absolute atomic E-state index is 11.4. The zero-order valence-electron chi connectivity index (χ0n) is 9.61. The van der Waals surface area contributed by atoms with Crippen LogP contribution in [0.4, 0.5) is 0 Å². The fourth-order valence-corrected chi connectivity index (χ4v) is 2.80. The van der Waals surface area contributed by atoms with Crippen LogP contribution in [0.25, 0.3) is 0 Å². The molecule has 0 radical (unpaired) electrons. The predicted molar refractivity (Wildman–Crippen MR) is 60.3 cm³/mol. The molecule has 0 spiro atoms. The lowest BCUT2D eigenvalue weighted by Crippen LogP contribution is -2.20. The number of aryl methyl sites for hydroxylation is 1. The van der Waals surface area contributed by atoms with Crippen molar-refractivity contribution < 1.29 is 9.53 Å². The van der Waals surface area contributed by atoms with Gasteiger partial charge in [-0.3, -0.25) is 0 Å². The van der Waals surface area contributed by atoms with Crippen molar-refractivity contribution in [2.75, 3.05) is 7.11 Å². The number of ether oxygens (including phenoxy) is 1. The molecule has 0 N–H and O–H groups in total. The van der Waals surface area contributed by atoms with Gasteiger partial charge in [0.25, 0.3) is 0 Å². The van der Waals surface area contributed by atoms with Gasteiger partial charge in [-0.1, -0.05) is 0 Å². The highest BCUT2D eigenvalue weighted by atomic mass is 16.5. The van der Waals surface area contributed by atoms with Crippen LogP contribution in [0.3, 0.4) is 0 Å². The third-order valence-corrected chi connectivity index (χ3v) is 3.90. The molecule has 1 aliphatic carbocycles. The molecule has 1 aromatic heterocycles. The zero-order valence-corrected chi connectivity index (χ0v) is 9.61. The molecule has 1 aromatic rings. The minimum Gasteiger partial charge on any atom is -0.465 e. The van der Waals surface area contributed by atoms with Crippen molar-refractivity contribution in [2.45, 2.75) is 32.2 Å². The normalized spacial score (nSPS) is 23.9. The number of carbonyl (C=O) groups excluding carboxylic acids is 1.